The summed E-state index contributed by atoms with van der Waals surface area (Å²) in [6.07, 6.45) is 3.52. The first-order valence-electron chi connectivity index (χ1n) is 7.83. The van der Waals surface area contributed by atoms with Gasteiger partial charge in [-0.05, 0) is 51.1 Å². The van der Waals surface area contributed by atoms with E-state index in [-0.39, 0.29) is 5.82 Å². The van der Waals surface area contributed by atoms with Crippen molar-refractivity contribution in [2.45, 2.75) is 29.1 Å². The molecule has 3 rings (SSSR count). The van der Waals surface area contributed by atoms with E-state index in [0.29, 0.717) is 22.4 Å². The first kappa shape index (κ1) is 18.3. The molecule has 0 aliphatic carbocycles. The maximum absolute atomic E-state index is 6.11. The number of nitrogens with zero attached hydrogens (tertiary/aromatic N) is 3. The molecule has 1 aromatic heterocycles. The van der Waals surface area contributed by atoms with Gasteiger partial charge in [0.25, 0.3) is 0 Å². The summed E-state index contributed by atoms with van der Waals surface area (Å²) in [6.45, 7) is 1.95. The van der Waals surface area contributed by atoms with Crippen LogP contribution in [0.1, 0.15) is 25.1 Å². The summed E-state index contributed by atoms with van der Waals surface area (Å²) in [5.41, 5.74) is 0.691. The van der Waals surface area contributed by atoms with E-state index in [4.69, 9.17) is 46.4 Å². The lowest BCUT2D eigenvalue weighted by Gasteiger charge is -2.20. The smallest absolute Gasteiger partial charge is 0.250 e. The molecular formula is C16H18Cl4N4. The molecule has 8 heteroatoms. The first-order valence-corrected chi connectivity index (χ1v) is 9.34. The second kappa shape index (κ2) is 7.38. The zero-order valence-corrected chi connectivity index (χ0v) is 16.2. The number of hydrogen-bond acceptors (Lipinski definition) is 4. The number of likely N-dealkylation sites (tertiary alicyclic amines) is 1. The molecule has 0 bridgehead atoms. The molecule has 130 valence electrons. The number of halogens is 4. The molecule has 1 aliphatic rings. The van der Waals surface area contributed by atoms with Crippen molar-refractivity contribution in [2.75, 3.05) is 25.5 Å². The van der Waals surface area contributed by atoms with Gasteiger partial charge in [-0.15, -0.1) is 0 Å². The number of anilines is 1. The Bertz CT molecular complexity index is 732. The molecule has 1 N–H and O–H groups in total. The van der Waals surface area contributed by atoms with Crippen molar-refractivity contribution in [3.63, 3.8) is 0 Å². The minimum Gasteiger partial charge on any atom is -0.369 e. The fraction of sp³-hybridized carbons (Fsp3) is 0.500. The van der Waals surface area contributed by atoms with Gasteiger partial charge in [-0.25, -0.2) is 9.97 Å². The maximum Gasteiger partial charge on any atom is 0.250 e. The Morgan fingerprint density at radius 2 is 2.08 bits per heavy atom. The molecular weight excluding hydrogens is 390 g/mol. The largest absolute Gasteiger partial charge is 0.369 e. The number of alkyl halides is 3. The number of nitrogens with one attached hydrogen (secondary N) is 1. The Labute approximate surface area is 161 Å². The molecule has 0 saturated carbocycles. The Hall–Kier alpha value is -0.520. The van der Waals surface area contributed by atoms with Gasteiger partial charge in [0.1, 0.15) is 5.82 Å². The van der Waals surface area contributed by atoms with Crippen molar-refractivity contribution in [1.82, 2.24) is 14.9 Å². The molecule has 1 fully saturated rings. The number of rotatable bonds is 4. The van der Waals surface area contributed by atoms with Crippen molar-refractivity contribution in [3.8, 4) is 0 Å². The summed E-state index contributed by atoms with van der Waals surface area (Å²) in [4.78, 5) is 11.1. The minimum absolute atomic E-state index is 0.155. The van der Waals surface area contributed by atoms with Crippen LogP contribution < -0.4 is 5.32 Å². The van der Waals surface area contributed by atoms with E-state index in [2.05, 4.69) is 27.2 Å². The molecule has 0 amide bonds. The summed E-state index contributed by atoms with van der Waals surface area (Å²) < 4.78 is -1.67. The highest BCUT2D eigenvalue weighted by atomic mass is 35.6. The van der Waals surface area contributed by atoms with Crippen molar-refractivity contribution in [2.24, 2.45) is 0 Å². The monoisotopic (exact) mass is 406 g/mol. The normalized spacial score (nSPS) is 19.1. The summed E-state index contributed by atoms with van der Waals surface area (Å²) in [5, 5.41) is 4.80. The molecule has 4 nitrogen and oxygen atoms in total. The van der Waals surface area contributed by atoms with E-state index in [1.165, 1.54) is 12.8 Å². The fourth-order valence-electron chi connectivity index (χ4n) is 3.06. The predicted octanol–water partition coefficient (Wildman–Crippen LogP) is 5.01. The van der Waals surface area contributed by atoms with Crippen LogP contribution in [0.2, 0.25) is 5.02 Å². The van der Waals surface area contributed by atoms with E-state index in [1.807, 2.05) is 6.07 Å². The third kappa shape index (κ3) is 4.17. The van der Waals surface area contributed by atoms with Gasteiger partial charge in [-0.2, -0.15) is 0 Å². The van der Waals surface area contributed by atoms with Crippen LogP contribution in [-0.4, -0.2) is 41.0 Å². The number of hydrogen-bond donors (Lipinski definition) is 1. The highest BCUT2D eigenvalue weighted by Gasteiger charge is 2.28. The third-order valence-corrected chi connectivity index (χ3v) is 5.10. The average Bonchev–Trinajstić information content (AvgIpc) is 2.91. The lowest BCUT2D eigenvalue weighted by molar-refractivity contribution is 0.301. The van der Waals surface area contributed by atoms with Gasteiger partial charge in [0.05, 0.1) is 5.52 Å². The highest BCUT2D eigenvalue weighted by Crippen LogP contribution is 2.38. The first-order chi connectivity index (χ1) is 11.3. The van der Waals surface area contributed by atoms with Gasteiger partial charge in [-0.1, -0.05) is 46.4 Å². The van der Waals surface area contributed by atoms with E-state index < -0.39 is 3.79 Å². The summed E-state index contributed by atoms with van der Waals surface area (Å²) in [6, 6.07) is 5.98. The molecule has 1 saturated heterocycles. The van der Waals surface area contributed by atoms with Crippen LogP contribution in [0.25, 0.3) is 10.9 Å². The van der Waals surface area contributed by atoms with Crippen molar-refractivity contribution in [3.05, 3.63) is 29.0 Å². The molecule has 0 radical (unpaired) electrons. The van der Waals surface area contributed by atoms with Crippen LogP contribution in [0, 0.1) is 0 Å². The Morgan fingerprint density at radius 1 is 1.29 bits per heavy atom. The summed E-state index contributed by atoms with van der Waals surface area (Å²) in [7, 11) is 2.17. The summed E-state index contributed by atoms with van der Waals surface area (Å²) in [5.74, 6) is 0.798. The van der Waals surface area contributed by atoms with Crippen LogP contribution in [0.4, 0.5) is 5.82 Å². The Kier molecular flexibility index (Phi) is 5.62. The van der Waals surface area contributed by atoms with Crippen LogP contribution in [0.3, 0.4) is 0 Å². The third-order valence-electron chi connectivity index (χ3n) is 4.35. The minimum atomic E-state index is -1.67. The number of aromatic nitrogens is 2. The van der Waals surface area contributed by atoms with Crippen molar-refractivity contribution in [1.29, 1.82) is 0 Å². The predicted molar refractivity (Wildman–Crippen MR) is 103 cm³/mol. The van der Waals surface area contributed by atoms with Gasteiger partial charge >= 0.3 is 0 Å². The lowest BCUT2D eigenvalue weighted by Crippen LogP contribution is -2.27. The lowest BCUT2D eigenvalue weighted by atomic mass is 10.1. The van der Waals surface area contributed by atoms with Gasteiger partial charge < -0.3 is 10.2 Å². The second-order valence-electron chi connectivity index (χ2n) is 6.05. The van der Waals surface area contributed by atoms with Crippen molar-refractivity contribution >= 4 is 63.1 Å². The zero-order chi connectivity index (χ0) is 17.3. The molecule has 2 aromatic rings. The van der Waals surface area contributed by atoms with Crippen LogP contribution in [0.15, 0.2) is 18.2 Å². The number of fused-ring (bicyclic) bond motifs is 1. The van der Waals surface area contributed by atoms with Crippen LogP contribution >= 0.6 is 46.4 Å². The van der Waals surface area contributed by atoms with Crippen LogP contribution in [0.5, 0.6) is 0 Å². The highest BCUT2D eigenvalue weighted by molar-refractivity contribution is 6.66. The number of benzene rings is 1. The molecule has 24 heavy (non-hydrogen) atoms. The summed E-state index contributed by atoms with van der Waals surface area (Å²) >= 11 is 24.0. The van der Waals surface area contributed by atoms with E-state index in [9.17, 15) is 0 Å². The van der Waals surface area contributed by atoms with Crippen LogP contribution in [-0.2, 0) is 3.79 Å². The topological polar surface area (TPSA) is 41.0 Å². The van der Waals surface area contributed by atoms with Gasteiger partial charge in [0.2, 0.25) is 3.79 Å². The molecule has 1 unspecified atom stereocenters. The van der Waals surface area contributed by atoms with Gasteiger partial charge in [0, 0.05) is 23.0 Å². The van der Waals surface area contributed by atoms with Crippen molar-refractivity contribution < 1.29 is 0 Å². The maximum atomic E-state index is 6.11. The Morgan fingerprint density at radius 3 is 2.75 bits per heavy atom. The van der Waals surface area contributed by atoms with E-state index in [1.54, 1.807) is 12.1 Å². The van der Waals surface area contributed by atoms with E-state index >= 15 is 0 Å². The molecule has 2 heterocycles. The molecule has 1 atom stereocenters. The second-order valence-corrected chi connectivity index (χ2v) is 8.76. The SMILES string of the molecule is CN1CCCC1CCNc1nc(C(Cl)(Cl)Cl)nc2ccc(Cl)cc12. The van der Waals surface area contributed by atoms with Gasteiger partial charge in [-0.3, -0.25) is 0 Å². The quantitative estimate of drug-likeness (QED) is 0.723. The molecule has 1 aromatic carbocycles. The standard InChI is InChI=1S/C16H18Cl4N4/c1-24-8-2-3-11(24)6-7-21-14-12-9-10(17)4-5-13(12)22-15(23-14)16(18,19)20/h4-5,9,11H,2-3,6-8H2,1H3,(H,21,22,23). The van der Waals surface area contributed by atoms with Gasteiger partial charge in [0.15, 0.2) is 5.82 Å². The molecule has 1 aliphatic heterocycles. The molecule has 0 spiro atoms. The van der Waals surface area contributed by atoms with E-state index in [0.717, 1.165) is 24.9 Å². The zero-order valence-electron chi connectivity index (χ0n) is 13.2. The Balaban J connectivity index is 1.85. The average molecular weight is 408 g/mol. The fourth-order valence-corrected chi connectivity index (χ4v) is 3.49.